The predicted molar refractivity (Wildman–Crippen MR) is 99.6 cm³/mol. The summed E-state index contributed by atoms with van der Waals surface area (Å²) in [7, 11) is 0. The SMILES string of the molecule is Cc1ccccc1NC(=S)N=Nc1c(O)[nH]c2c(Br)cccc12. The summed E-state index contributed by atoms with van der Waals surface area (Å²) in [4.78, 5) is 2.87. The Morgan fingerprint density at radius 3 is 2.78 bits per heavy atom. The first-order chi connectivity index (χ1) is 11.1. The van der Waals surface area contributed by atoms with Crippen molar-refractivity contribution in [3.63, 3.8) is 0 Å². The first-order valence-electron chi connectivity index (χ1n) is 6.84. The molecule has 1 aromatic heterocycles. The molecule has 7 heteroatoms. The van der Waals surface area contributed by atoms with Gasteiger partial charge in [-0.05, 0) is 52.8 Å². The summed E-state index contributed by atoms with van der Waals surface area (Å²) in [6.07, 6.45) is 0. The van der Waals surface area contributed by atoms with Crippen molar-refractivity contribution in [3.05, 3.63) is 52.5 Å². The highest BCUT2D eigenvalue weighted by atomic mass is 79.9. The number of halogens is 1. The van der Waals surface area contributed by atoms with Crippen LogP contribution in [0, 0.1) is 6.92 Å². The molecule has 0 radical (unpaired) electrons. The van der Waals surface area contributed by atoms with Gasteiger partial charge in [-0.3, -0.25) is 0 Å². The van der Waals surface area contributed by atoms with E-state index in [1.54, 1.807) is 0 Å². The van der Waals surface area contributed by atoms with E-state index in [0.717, 1.165) is 26.6 Å². The summed E-state index contributed by atoms with van der Waals surface area (Å²) >= 11 is 8.61. The van der Waals surface area contributed by atoms with Gasteiger partial charge in [-0.1, -0.05) is 30.3 Å². The zero-order valence-electron chi connectivity index (χ0n) is 12.2. The molecule has 116 valence electrons. The molecule has 3 rings (SSSR count). The summed E-state index contributed by atoms with van der Waals surface area (Å²) in [6, 6.07) is 13.3. The number of aromatic amines is 1. The summed E-state index contributed by atoms with van der Waals surface area (Å²) < 4.78 is 0.840. The van der Waals surface area contributed by atoms with Crippen molar-refractivity contribution < 1.29 is 5.11 Å². The highest BCUT2D eigenvalue weighted by Crippen LogP contribution is 2.38. The third-order valence-electron chi connectivity index (χ3n) is 3.36. The molecule has 0 spiro atoms. The first kappa shape index (κ1) is 15.6. The molecule has 0 unspecified atom stereocenters. The average Bonchev–Trinajstić information content (AvgIpc) is 2.85. The number of benzene rings is 2. The number of hydrogen-bond acceptors (Lipinski definition) is 3. The number of rotatable bonds is 2. The third kappa shape index (κ3) is 3.25. The number of nitrogens with one attached hydrogen (secondary N) is 2. The third-order valence-corrected chi connectivity index (χ3v) is 4.21. The van der Waals surface area contributed by atoms with Crippen LogP contribution in [0.5, 0.6) is 5.88 Å². The van der Waals surface area contributed by atoms with Crippen molar-refractivity contribution in [2.75, 3.05) is 5.32 Å². The Balaban J connectivity index is 1.86. The van der Waals surface area contributed by atoms with Gasteiger partial charge in [-0.2, -0.15) is 0 Å². The van der Waals surface area contributed by atoms with Gasteiger partial charge in [0, 0.05) is 15.5 Å². The zero-order valence-corrected chi connectivity index (χ0v) is 14.6. The monoisotopic (exact) mass is 388 g/mol. The normalized spacial score (nSPS) is 11.2. The molecule has 0 fully saturated rings. The molecule has 0 bridgehead atoms. The molecule has 2 aromatic carbocycles. The van der Waals surface area contributed by atoms with Gasteiger partial charge in [-0.25, -0.2) is 0 Å². The second-order valence-corrected chi connectivity index (χ2v) is 6.17. The summed E-state index contributed by atoms with van der Waals surface area (Å²) in [5.41, 5.74) is 3.05. The number of H-pyrrole nitrogens is 1. The van der Waals surface area contributed by atoms with E-state index in [4.69, 9.17) is 12.2 Å². The minimum Gasteiger partial charge on any atom is -0.493 e. The molecule has 23 heavy (non-hydrogen) atoms. The van der Waals surface area contributed by atoms with Gasteiger partial charge < -0.3 is 15.4 Å². The van der Waals surface area contributed by atoms with Gasteiger partial charge in [0.1, 0.15) is 0 Å². The summed E-state index contributed by atoms with van der Waals surface area (Å²) in [6.45, 7) is 1.98. The van der Waals surface area contributed by atoms with Crippen molar-refractivity contribution in [1.29, 1.82) is 0 Å². The van der Waals surface area contributed by atoms with Crippen molar-refractivity contribution in [2.24, 2.45) is 10.2 Å². The van der Waals surface area contributed by atoms with Crippen LogP contribution in [0.3, 0.4) is 0 Å². The van der Waals surface area contributed by atoms with E-state index in [2.05, 4.69) is 36.5 Å². The fourth-order valence-electron chi connectivity index (χ4n) is 2.20. The highest BCUT2D eigenvalue weighted by molar-refractivity contribution is 9.10. The van der Waals surface area contributed by atoms with Gasteiger partial charge in [0.05, 0.1) is 5.52 Å². The van der Waals surface area contributed by atoms with Crippen molar-refractivity contribution in [3.8, 4) is 5.88 Å². The number of nitrogens with zero attached hydrogens (tertiary/aromatic N) is 2. The average molecular weight is 389 g/mol. The Kier molecular flexibility index (Phi) is 4.40. The zero-order chi connectivity index (χ0) is 16.4. The molecule has 0 aliphatic carbocycles. The van der Waals surface area contributed by atoms with Crippen LogP contribution in [-0.4, -0.2) is 15.2 Å². The molecule has 0 atom stereocenters. The molecule has 1 heterocycles. The number of aromatic nitrogens is 1. The summed E-state index contributed by atoms with van der Waals surface area (Å²) in [5.74, 6) is -0.0469. The molecule has 0 amide bonds. The van der Waals surface area contributed by atoms with Crippen LogP contribution in [0.15, 0.2) is 57.2 Å². The number of azo groups is 1. The molecular formula is C16H13BrN4OS. The summed E-state index contributed by atoms with van der Waals surface area (Å²) in [5, 5.41) is 22.1. The second kappa shape index (κ2) is 6.47. The maximum Gasteiger partial charge on any atom is 0.218 e. The van der Waals surface area contributed by atoms with E-state index < -0.39 is 0 Å². The lowest BCUT2D eigenvalue weighted by molar-refractivity contribution is 0.459. The highest BCUT2D eigenvalue weighted by Gasteiger charge is 2.12. The van der Waals surface area contributed by atoms with Crippen LogP contribution in [0.2, 0.25) is 0 Å². The maximum atomic E-state index is 10.0. The number of hydrogen-bond donors (Lipinski definition) is 3. The molecule has 3 N–H and O–H groups in total. The Hall–Kier alpha value is -2.25. The van der Waals surface area contributed by atoms with Gasteiger partial charge in [0.25, 0.3) is 0 Å². The Morgan fingerprint density at radius 2 is 2.00 bits per heavy atom. The number of fused-ring (bicyclic) bond motifs is 1. The lowest BCUT2D eigenvalue weighted by atomic mass is 10.2. The van der Waals surface area contributed by atoms with Gasteiger partial charge in [-0.15, -0.1) is 10.2 Å². The number of aromatic hydroxyl groups is 1. The molecule has 0 aliphatic rings. The first-order valence-corrected chi connectivity index (χ1v) is 8.04. The van der Waals surface area contributed by atoms with Gasteiger partial charge in [0.15, 0.2) is 5.69 Å². The molecule has 0 saturated heterocycles. The fraction of sp³-hybridized carbons (Fsp3) is 0.0625. The van der Waals surface area contributed by atoms with E-state index in [1.165, 1.54) is 0 Å². The topological polar surface area (TPSA) is 72.8 Å². The minimum atomic E-state index is -0.0469. The van der Waals surface area contributed by atoms with Gasteiger partial charge in [0.2, 0.25) is 11.0 Å². The van der Waals surface area contributed by atoms with Crippen LogP contribution in [0.25, 0.3) is 10.9 Å². The number of para-hydroxylation sites is 2. The van der Waals surface area contributed by atoms with Crippen molar-refractivity contribution in [1.82, 2.24) is 4.98 Å². The Morgan fingerprint density at radius 1 is 1.22 bits per heavy atom. The second-order valence-electron chi connectivity index (χ2n) is 4.93. The van der Waals surface area contributed by atoms with Gasteiger partial charge >= 0.3 is 0 Å². The number of anilines is 1. The van der Waals surface area contributed by atoms with Crippen LogP contribution >= 0.6 is 28.1 Å². The van der Waals surface area contributed by atoms with E-state index >= 15 is 0 Å². The number of thiocarbonyl (C=S) groups is 1. The maximum absolute atomic E-state index is 10.0. The molecular weight excluding hydrogens is 376 g/mol. The smallest absolute Gasteiger partial charge is 0.218 e. The van der Waals surface area contributed by atoms with E-state index in [0.29, 0.717) is 5.69 Å². The quantitative estimate of drug-likeness (QED) is 0.405. The van der Waals surface area contributed by atoms with Crippen molar-refractivity contribution in [2.45, 2.75) is 6.92 Å². The van der Waals surface area contributed by atoms with E-state index in [9.17, 15) is 5.11 Å². The minimum absolute atomic E-state index is 0.0469. The Labute approximate surface area is 146 Å². The molecule has 0 saturated carbocycles. The van der Waals surface area contributed by atoms with Crippen LogP contribution in [0.1, 0.15) is 5.56 Å². The lowest BCUT2D eigenvalue weighted by Gasteiger charge is -2.05. The Bertz CT molecular complexity index is 920. The molecule has 3 aromatic rings. The van der Waals surface area contributed by atoms with E-state index in [1.807, 2.05) is 49.4 Å². The molecule has 0 aliphatic heterocycles. The van der Waals surface area contributed by atoms with E-state index in [-0.39, 0.29) is 11.0 Å². The molecule has 5 nitrogen and oxygen atoms in total. The lowest BCUT2D eigenvalue weighted by Crippen LogP contribution is -2.06. The predicted octanol–water partition coefficient (Wildman–Crippen LogP) is 5.43. The fourth-order valence-corrected chi connectivity index (χ4v) is 2.82. The van der Waals surface area contributed by atoms with Crippen LogP contribution < -0.4 is 5.32 Å². The largest absolute Gasteiger partial charge is 0.493 e. The van der Waals surface area contributed by atoms with Crippen LogP contribution in [-0.2, 0) is 0 Å². The van der Waals surface area contributed by atoms with Crippen LogP contribution in [0.4, 0.5) is 11.4 Å². The van der Waals surface area contributed by atoms with Crippen molar-refractivity contribution >= 4 is 55.5 Å². The standard InChI is InChI=1S/C16H13BrN4OS/c1-9-5-2-3-8-12(9)18-16(23)21-20-14-10-6-4-7-11(17)13(10)19-15(14)22/h2-8,19,22H,1H3,(H,18,23). The number of aryl methyl sites for hydroxylation is 1.